The molecule has 2 aromatic rings. The summed E-state index contributed by atoms with van der Waals surface area (Å²) < 4.78 is 4.33. The lowest BCUT2D eigenvalue weighted by molar-refractivity contribution is -0.688. The highest BCUT2D eigenvalue weighted by Gasteiger charge is 2.09. The summed E-state index contributed by atoms with van der Waals surface area (Å²) in [6, 6.07) is 4.50. The maximum absolute atomic E-state index is 5.56. The van der Waals surface area contributed by atoms with Crippen LogP contribution >= 0.6 is 0 Å². The molecule has 3 heteroatoms. The Bertz CT molecular complexity index is 517. The molecule has 1 aromatic carbocycles. The molecule has 1 aromatic heterocycles. The summed E-state index contributed by atoms with van der Waals surface area (Å²) >= 11 is 0. The van der Waals surface area contributed by atoms with Crippen molar-refractivity contribution < 1.29 is 4.57 Å². The molecule has 0 radical (unpaired) electrons. The van der Waals surface area contributed by atoms with E-state index in [-0.39, 0.29) is 0 Å². The van der Waals surface area contributed by atoms with Gasteiger partial charge >= 0.3 is 0 Å². The van der Waals surface area contributed by atoms with Crippen molar-refractivity contribution in [3.05, 3.63) is 53.1 Å². The van der Waals surface area contributed by atoms with Crippen LogP contribution in [0.3, 0.4) is 0 Å². The molecule has 0 unspecified atom stereocenters. The van der Waals surface area contributed by atoms with E-state index >= 15 is 0 Å². The Kier molecular flexibility index (Phi) is 3.82. The number of hydrogen-bond donors (Lipinski definition) is 1. The van der Waals surface area contributed by atoms with Gasteiger partial charge in [0.15, 0.2) is 0 Å². The molecule has 2 rings (SSSR count). The molecule has 0 bridgehead atoms. The first-order valence-corrected chi connectivity index (χ1v) is 6.42. The Balaban J connectivity index is 2.22. The summed E-state index contributed by atoms with van der Waals surface area (Å²) in [7, 11) is 0. The molecule has 0 aliphatic rings. The minimum absolute atomic E-state index is 0.678. The van der Waals surface area contributed by atoms with Gasteiger partial charge in [0.2, 0.25) is 6.33 Å². The summed E-state index contributed by atoms with van der Waals surface area (Å²) in [5.74, 6) is 0. The molecule has 0 saturated heterocycles. The second-order valence-corrected chi connectivity index (χ2v) is 4.99. The van der Waals surface area contributed by atoms with Crippen molar-refractivity contribution in [3.63, 3.8) is 0 Å². The van der Waals surface area contributed by atoms with Crippen molar-refractivity contribution >= 4 is 0 Å². The zero-order chi connectivity index (χ0) is 13.1. The lowest BCUT2D eigenvalue weighted by Crippen LogP contribution is -2.32. The Morgan fingerprint density at radius 2 is 1.83 bits per heavy atom. The zero-order valence-corrected chi connectivity index (χ0v) is 11.5. The van der Waals surface area contributed by atoms with Crippen molar-refractivity contribution in [3.8, 4) is 0 Å². The van der Waals surface area contributed by atoms with Crippen LogP contribution in [0.15, 0.2) is 30.9 Å². The summed E-state index contributed by atoms with van der Waals surface area (Å²) in [6.07, 6.45) is 6.30. The van der Waals surface area contributed by atoms with Gasteiger partial charge in [-0.15, -0.1) is 0 Å². The highest BCUT2D eigenvalue weighted by Crippen LogP contribution is 2.15. The van der Waals surface area contributed by atoms with E-state index in [4.69, 9.17) is 5.73 Å². The van der Waals surface area contributed by atoms with Crippen LogP contribution in [-0.4, -0.2) is 11.1 Å². The molecule has 1 heterocycles. The van der Waals surface area contributed by atoms with Crippen LogP contribution < -0.4 is 10.3 Å². The first-order valence-electron chi connectivity index (χ1n) is 6.42. The van der Waals surface area contributed by atoms with E-state index in [1.807, 2.05) is 0 Å². The quantitative estimate of drug-likeness (QED) is 0.816. The molecule has 18 heavy (non-hydrogen) atoms. The van der Waals surface area contributed by atoms with Gasteiger partial charge in [-0.05, 0) is 37.5 Å². The van der Waals surface area contributed by atoms with E-state index in [0.717, 1.165) is 13.1 Å². The van der Waals surface area contributed by atoms with Crippen LogP contribution in [0, 0.1) is 20.8 Å². The Morgan fingerprint density at radius 3 is 2.44 bits per heavy atom. The maximum Gasteiger partial charge on any atom is 0.244 e. The first-order chi connectivity index (χ1) is 8.60. The van der Waals surface area contributed by atoms with E-state index in [9.17, 15) is 0 Å². The Morgan fingerprint density at radius 1 is 1.17 bits per heavy atom. The van der Waals surface area contributed by atoms with Crippen molar-refractivity contribution in [1.29, 1.82) is 0 Å². The van der Waals surface area contributed by atoms with Gasteiger partial charge in [0.1, 0.15) is 25.5 Å². The third kappa shape index (κ3) is 2.79. The standard InChI is InChI=1S/C15H22N3/c1-12-8-13(2)15(14(3)9-12)10-18-7-6-17(11-18)5-4-16/h6-9,11H,4-5,10,16H2,1-3H3/q+1. The van der Waals surface area contributed by atoms with Crippen LogP contribution in [0.5, 0.6) is 0 Å². The number of aromatic nitrogens is 2. The minimum atomic E-state index is 0.678. The van der Waals surface area contributed by atoms with Crippen molar-refractivity contribution in [2.75, 3.05) is 6.54 Å². The Hall–Kier alpha value is -1.61. The summed E-state index contributed by atoms with van der Waals surface area (Å²) in [6.45, 7) is 9.00. The average molecular weight is 244 g/mol. The van der Waals surface area contributed by atoms with Gasteiger partial charge in [-0.25, -0.2) is 9.13 Å². The van der Waals surface area contributed by atoms with Crippen LogP contribution in [0.4, 0.5) is 0 Å². The van der Waals surface area contributed by atoms with Gasteiger partial charge in [0.05, 0.1) is 0 Å². The molecule has 0 spiro atoms. The van der Waals surface area contributed by atoms with E-state index in [1.54, 1.807) is 0 Å². The number of imidazole rings is 1. The molecular formula is C15H22N3+. The van der Waals surface area contributed by atoms with Gasteiger partial charge in [0.25, 0.3) is 0 Å². The van der Waals surface area contributed by atoms with Gasteiger partial charge in [0, 0.05) is 6.54 Å². The van der Waals surface area contributed by atoms with E-state index < -0.39 is 0 Å². The highest BCUT2D eigenvalue weighted by atomic mass is 15.1. The van der Waals surface area contributed by atoms with E-state index in [1.165, 1.54) is 22.3 Å². The molecular weight excluding hydrogens is 222 g/mol. The fourth-order valence-corrected chi connectivity index (χ4v) is 2.46. The number of hydrogen-bond acceptors (Lipinski definition) is 1. The van der Waals surface area contributed by atoms with Crippen LogP contribution in [0.2, 0.25) is 0 Å². The molecule has 0 atom stereocenters. The predicted octanol–water partition coefficient (Wildman–Crippen LogP) is 1.71. The molecule has 3 nitrogen and oxygen atoms in total. The van der Waals surface area contributed by atoms with Crippen LogP contribution in [0.1, 0.15) is 22.3 Å². The van der Waals surface area contributed by atoms with Crippen molar-refractivity contribution in [2.45, 2.75) is 33.9 Å². The zero-order valence-electron chi connectivity index (χ0n) is 11.5. The van der Waals surface area contributed by atoms with Crippen molar-refractivity contribution in [2.24, 2.45) is 5.73 Å². The number of nitrogens with two attached hydrogens (primary N) is 1. The number of benzene rings is 1. The monoisotopic (exact) mass is 244 g/mol. The normalized spacial score (nSPS) is 10.9. The second-order valence-electron chi connectivity index (χ2n) is 4.99. The third-order valence-electron chi connectivity index (χ3n) is 3.31. The van der Waals surface area contributed by atoms with Crippen LogP contribution in [0.25, 0.3) is 0 Å². The predicted molar refractivity (Wildman–Crippen MR) is 73.4 cm³/mol. The second kappa shape index (κ2) is 5.36. The smallest absolute Gasteiger partial charge is 0.244 e. The van der Waals surface area contributed by atoms with Crippen LogP contribution in [-0.2, 0) is 13.1 Å². The molecule has 0 amide bonds. The minimum Gasteiger partial charge on any atom is -0.327 e. The lowest BCUT2D eigenvalue weighted by atomic mass is 10.00. The number of nitrogens with zero attached hydrogens (tertiary/aromatic N) is 2. The number of rotatable bonds is 4. The lowest BCUT2D eigenvalue weighted by Gasteiger charge is -2.09. The largest absolute Gasteiger partial charge is 0.327 e. The maximum atomic E-state index is 5.56. The fourth-order valence-electron chi connectivity index (χ4n) is 2.46. The van der Waals surface area contributed by atoms with E-state index in [2.05, 4.69) is 60.8 Å². The molecule has 96 valence electrons. The van der Waals surface area contributed by atoms with Gasteiger partial charge in [-0.3, -0.25) is 0 Å². The van der Waals surface area contributed by atoms with Gasteiger partial charge in [-0.1, -0.05) is 17.7 Å². The summed E-state index contributed by atoms with van der Waals surface area (Å²) in [5.41, 5.74) is 11.0. The molecule has 0 fully saturated rings. The highest BCUT2D eigenvalue weighted by molar-refractivity contribution is 5.36. The third-order valence-corrected chi connectivity index (χ3v) is 3.31. The SMILES string of the molecule is Cc1cc(C)c(C[n+]2ccn(CCN)c2)c(C)c1. The molecule has 2 N–H and O–H groups in total. The summed E-state index contributed by atoms with van der Waals surface area (Å²) in [5, 5.41) is 0. The first kappa shape index (κ1) is 12.8. The van der Waals surface area contributed by atoms with Gasteiger partial charge < -0.3 is 5.73 Å². The summed E-state index contributed by atoms with van der Waals surface area (Å²) in [4.78, 5) is 0. The number of aryl methyl sites for hydroxylation is 3. The molecule has 0 saturated carbocycles. The fraction of sp³-hybridized carbons (Fsp3) is 0.400. The average Bonchev–Trinajstić information content (AvgIpc) is 2.72. The van der Waals surface area contributed by atoms with Gasteiger partial charge in [-0.2, -0.15) is 0 Å². The topological polar surface area (TPSA) is 34.8 Å². The van der Waals surface area contributed by atoms with E-state index in [0.29, 0.717) is 6.54 Å². The molecule has 0 aliphatic heterocycles. The molecule has 0 aliphatic carbocycles. The Labute approximate surface area is 109 Å². The van der Waals surface area contributed by atoms with Crippen molar-refractivity contribution in [1.82, 2.24) is 4.57 Å².